The van der Waals surface area contributed by atoms with Gasteiger partial charge in [-0.1, -0.05) is 12.1 Å². The van der Waals surface area contributed by atoms with E-state index in [9.17, 15) is 13.6 Å². The number of rotatable bonds is 8. The van der Waals surface area contributed by atoms with E-state index in [1.807, 2.05) is 6.92 Å². The minimum absolute atomic E-state index is 0.0513. The van der Waals surface area contributed by atoms with Gasteiger partial charge in [0.25, 0.3) is 0 Å². The summed E-state index contributed by atoms with van der Waals surface area (Å²) in [7, 11) is 1.52. The minimum Gasteiger partial charge on any atom is -0.493 e. The van der Waals surface area contributed by atoms with E-state index in [2.05, 4.69) is 10.1 Å². The smallest absolute Gasteiger partial charge is 0.387 e. The molecule has 0 radical (unpaired) electrons. The van der Waals surface area contributed by atoms with Crippen LogP contribution < -0.4 is 19.5 Å². The zero-order valence-electron chi connectivity index (χ0n) is 13.9. The SMILES string of the molecule is CCOc1ccc(NC(=O)Cc2ccc(OC(F)F)cc2)cc1OC. The molecule has 7 heteroatoms. The highest BCUT2D eigenvalue weighted by atomic mass is 19.3. The summed E-state index contributed by atoms with van der Waals surface area (Å²) in [5, 5.41) is 2.76. The Kier molecular flexibility index (Phi) is 6.56. The molecule has 2 rings (SSSR count). The van der Waals surface area contributed by atoms with Crippen molar-refractivity contribution in [3.05, 3.63) is 48.0 Å². The topological polar surface area (TPSA) is 56.8 Å². The third kappa shape index (κ3) is 5.63. The van der Waals surface area contributed by atoms with Gasteiger partial charge in [0.1, 0.15) is 5.75 Å². The fraction of sp³-hybridized carbons (Fsp3) is 0.278. The van der Waals surface area contributed by atoms with Crippen LogP contribution in [0.2, 0.25) is 0 Å². The van der Waals surface area contributed by atoms with Crippen molar-refractivity contribution < 1.29 is 27.8 Å². The van der Waals surface area contributed by atoms with Gasteiger partial charge >= 0.3 is 6.61 Å². The van der Waals surface area contributed by atoms with Gasteiger partial charge in [-0.25, -0.2) is 0 Å². The summed E-state index contributed by atoms with van der Waals surface area (Å²) >= 11 is 0. The lowest BCUT2D eigenvalue weighted by molar-refractivity contribution is -0.115. The molecule has 2 aromatic rings. The van der Waals surface area contributed by atoms with Crippen LogP contribution >= 0.6 is 0 Å². The lowest BCUT2D eigenvalue weighted by Gasteiger charge is -2.12. The highest BCUT2D eigenvalue weighted by Crippen LogP contribution is 2.30. The number of methoxy groups -OCH3 is 1. The van der Waals surface area contributed by atoms with Crippen molar-refractivity contribution in [1.29, 1.82) is 0 Å². The Morgan fingerprint density at radius 3 is 2.44 bits per heavy atom. The molecule has 0 saturated carbocycles. The summed E-state index contributed by atoms with van der Waals surface area (Å²) in [6.07, 6.45) is 0.102. The van der Waals surface area contributed by atoms with Gasteiger partial charge in [-0.05, 0) is 36.8 Å². The number of hydrogen-bond acceptors (Lipinski definition) is 4. The highest BCUT2D eigenvalue weighted by molar-refractivity contribution is 5.92. The largest absolute Gasteiger partial charge is 0.493 e. The second-order valence-corrected chi connectivity index (χ2v) is 5.05. The summed E-state index contributed by atoms with van der Waals surface area (Å²) in [4.78, 5) is 12.1. The van der Waals surface area contributed by atoms with Crippen LogP contribution in [0.25, 0.3) is 0 Å². The predicted octanol–water partition coefficient (Wildman–Crippen LogP) is 3.88. The molecular weight excluding hydrogens is 332 g/mol. The zero-order chi connectivity index (χ0) is 18.2. The molecule has 1 N–H and O–H groups in total. The molecule has 2 aromatic carbocycles. The highest BCUT2D eigenvalue weighted by Gasteiger charge is 2.09. The first kappa shape index (κ1) is 18.5. The third-order valence-electron chi connectivity index (χ3n) is 3.26. The first-order valence-electron chi connectivity index (χ1n) is 7.66. The Morgan fingerprint density at radius 1 is 1.12 bits per heavy atom. The summed E-state index contributed by atoms with van der Waals surface area (Å²) in [6.45, 7) is -0.496. The number of ether oxygens (including phenoxy) is 3. The normalized spacial score (nSPS) is 10.4. The molecule has 0 aliphatic heterocycles. The van der Waals surface area contributed by atoms with E-state index in [1.165, 1.54) is 19.2 Å². The average molecular weight is 351 g/mol. The summed E-state index contributed by atoms with van der Waals surface area (Å²) < 4.78 is 39.1. The molecule has 5 nitrogen and oxygen atoms in total. The maximum atomic E-state index is 12.1. The monoisotopic (exact) mass is 351 g/mol. The molecule has 1 amide bonds. The predicted molar refractivity (Wildman–Crippen MR) is 89.6 cm³/mol. The minimum atomic E-state index is -2.87. The molecule has 0 fully saturated rings. The standard InChI is InChI=1S/C18H19F2NO4/c1-3-24-15-9-6-13(11-16(15)23-2)21-17(22)10-12-4-7-14(8-5-12)25-18(19)20/h4-9,11,18H,3,10H2,1-2H3,(H,21,22). The van der Waals surface area contributed by atoms with Crippen molar-refractivity contribution in [3.63, 3.8) is 0 Å². The molecule has 0 saturated heterocycles. The van der Waals surface area contributed by atoms with Crippen molar-refractivity contribution in [2.75, 3.05) is 19.0 Å². The van der Waals surface area contributed by atoms with E-state index in [4.69, 9.17) is 9.47 Å². The molecule has 0 aliphatic carbocycles. The maximum Gasteiger partial charge on any atom is 0.387 e. The Labute approximate surface area is 144 Å². The van der Waals surface area contributed by atoms with E-state index >= 15 is 0 Å². The van der Waals surface area contributed by atoms with Gasteiger partial charge in [-0.3, -0.25) is 4.79 Å². The summed E-state index contributed by atoms with van der Waals surface area (Å²) in [5.41, 5.74) is 1.25. The number of halogens is 2. The number of alkyl halides is 2. The van der Waals surface area contributed by atoms with Crippen molar-refractivity contribution in [3.8, 4) is 17.2 Å². The average Bonchev–Trinajstić information content (AvgIpc) is 2.57. The number of carbonyl (C=O) groups excluding carboxylic acids is 1. The van der Waals surface area contributed by atoms with Crippen LogP contribution in [-0.2, 0) is 11.2 Å². The number of carbonyl (C=O) groups is 1. The molecule has 134 valence electrons. The summed E-state index contributed by atoms with van der Waals surface area (Å²) in [6, 6.07) is 11.0. The van der Waals surface area contributed by atoms with Crippen molar-refractivity contribution in [2.24, 2.45) is 0 Å². The Morgan fingerprint density at radius 2 is 1.84 bits per heavy atom. The van der Waals surface area contributed by atoms with Crippen LogP contribution in [0.5, 0.6) is 17.2 Å². The summed E-state index contributed by atoms with van der Waals surface area (Å²) in [5.74, 6) is 0.926. The fourth-order valence-electron chi connectivity index (χ4n) is 2.20. The maximum absolute atomic E-state index is 12.1. The molecule has 0 atom stereocenters. The number of hydrogen-bond donors (Lipinski definition) is 1. The number of amides is 1. The molecule has 0 aliphatic rings. The van der Waals surface area contributed by atoms with E-state index in [-0.39, 0.29) is 18.1 Å². The second kappa shape index (κ2) is 8.86. The van der Waals surface area contributed by atoms with Crippen molar-refractivity contribution in [2.45, 2.75) is 20.0 Å². The van der Waals surface area contributed by atoms with Gasteiger partial charge in [0.15, 0.2) is 11.5 Å². The lowest BCUT2D eigenvalue weighted by Crippen LogP contribution is -2.14. The molecule has 0 unspecified atom stereocenters. The van der Waals surface area contributed by atoms with Gasteiger partial charge in [0.2, 0.25) is 5.91 Å². The lowest BCUT2D eigenvalue weighted by atomic mass is 10.1. The van der Waals surface area contributed by atoms with Gasteiger partial charge in [-0.15, -0.1) is 0 Å². The van der Waals surface area contributed by atoms with E-state index in [0.29, 0.717) is 29.4 Å². The molecule has 0 aromatic heterocycles. The molecule has 0 bridgehead atoms. The Bertz CT molecular complexity index is 705. The molecule has 25 heavy (non-hydrogen) atoms. The third-order valence-corrected chi connectivity index (χ3v) is 3.26. The quantitative estimate of drug-likeness (QED) is 0.784. The molecule has 0 heterocycles. The Hall–Kier alpha value is -2.83. The van der Waals surface area contributed by atoms with Crippen molar-refractivity contribution >= 4 is 11.6 Å². The van der Waals surface area contributed by atoms with Crippen LogP contribution in [-0.4, -0.2) is 26.2 Å². The van der Waals surface area contributed by atoms with E-state index in [0.717, 1.165) is 0 Å². The van der Waals surface area contributed by atoms with Gasteiger partial charge < -0.3 is 19.5 Å². The molecule has 0 spiro atoms. The first-order chi connectivity index (χ1) is 12.0. The first-order valence-corrected chi connectivity index (χ1v) is 7.66. The van der Waals surface area contributed by atoms with Crippen LogP contribution in [0.1, 0.15) is 12.5 Å². The second-order valence-electron chi connectivity index (χ2n) is 5.05. The van der Waals surface area contributed by atoms with Crippen LogP contribution in [0.3, 0.4) is 0 Å². The number of anilines is 1. The van der Waals surface area contributed by atoms with Crippen molar-refractivity contribution in [1.82, 2.24) is 0 Å². The van der Waals surface area contributed by atoms with E-state index in [1.54, 1.807) is 30.3 Å². The molecular formula is C18H19F2NO4. The van der Waals surface area contributed by atoms with Gasteiger partial charge in [0, 0.05) is 11.8 Å². The zero-order valence-corrected chi connectivity index (χ0v) is 13.9. The number of benzene rings is 2. The van der Waals surface area contributed by atoms with Gasteiger partial charge in [0.05, 0.1) is 20.1 Å². The van der Waals surface area contributed by atoms with Crippen LogP contribution in [0, 0.1) is 0 Å². The van der Waals surface area contributed by atoms with E-state index < -0.39 is 6.61 Å². The fourth-order valence-corrected chi connectivity index (χ4v) is 2.20. The van der Waals surface area contributed by atoms with Crippen LogP contribution in [0.4, 0.5) is 14.5 Å². The van der Waals surface area contributed by atoms with Gasteiger partial charge in [-0.2, -0.15) is 8.78 Å². The Balaban J connectivity index is 1.97. The van der Waals surface area contributed by atoms with Crippen LogP contribution in [0.15, 0.2) is 42.5 Å². The number of nitrogens with one attached hydrogen (secondary N) is 1.